The van der Waals surface area contributed by atoms with Crippen molar-refractivity contribution in [2.24, 2.45) is 5.92 Å². The van der Waals surface area contributed by atoms with Crippen LogP contribution in [0.1, 0.15) is 13.3 Å². The number of nitrogen functional groups attached to an aromatic ring is 1. The first kappa shape index (κ1) is 13.4. The van der Waals surface area contributed by atoms with E-state index in [1.807, 2.05) is 19.1 Å². The van der Waals surface area contributed by atoms with Crippen LogP contribution in [0.15, 0.2) is 22.7 Å². The molecule has 0 radical (unpaired) electrons. The van der Waals surface area contributed by atoms with Crippen molar-refractivity contribution < 1.29 is 9.53 Å². The molecule has 0 saturated carbocycles. The third-order valence-corrected chi connectivity index (χ3v) is 3.87. The van der Waals surface area contributed by atoms with Gasteiger partial charge in [-0.15, -0.1) is 0 Å². The molecule has 2 unspecified atom stereocenters. The molecule has 1 heterocycles. The van der Waals surface area contributed by atoms with Gasteiger partial charge in [-0.1, -0.05) is 15.9 Å². The maximum Gasteiger partial charge on any atom is 0.232 e. The van der Waals surface area contributed by atoms with Crippen molar-refractivity contribution in [1.29, 1.82) is 0 Å². The zero-order valence-electron chi connectivity index (χ0n) is 10.5. The van der Waals surface area contributed by atoms with E-state index < -0.39 is 0 Å². The second-order valence-electron chi connectivity index (χ2n) is 4.57. The summed E-state index contributed by atoms with van der Waals surface area (Å²) in [6, 6.07) is 5.52. The van der Waals surface area contributed by atoms with Crippen LogP contribution < -0.4 is 10.6 Å². The van der Waals surface area contributed by atoms with Crippen LogP contribution in [0.2, 0.25) is 0 Å². The van der Waals surface area contributed by atoms with Gasteiger partial charge in [-0.25, -0.2) is 0 Å². The highest BCUT2D eigenvalue weighted by atomic mass is 79.9. The monoisotopic (exact) mass is 312 g/mol. The van der Waals surface area contributed by atoms with Gasteiger partial charge in [-0.05, 0) is 31.5 Å². The van der Waals surface area contributed by atoms with Gasteiger partial charge in [0.25, 0.3) is 0 Å². The fraction of sp³-hybridized carbons (Fsp3) is 0.462. The summed E-state index contributed by atoms with van der Waals surface area (Å²) >= 11 is 3.35. The molecule has 1 saturated heterocycles. The number of nitrogens with zero attached hydrogens (tertiary/aromatic N) is 1. The van der Waals surface area contributed by atoms with E-state index in [1.165, 1.54) is 0 Å². The van der Waals surface area contributed by atoms with Gasteiger partial charge in [0.15, 0.2) is 0 Å². The summed E-state index contributed by atoms with van der Waals surface area (Å²) in [4.78, 5) is 14.0. The number of nitrogens with two attached hydrogens (primary N) is 1. The van der Waals surface area contributed by atoms with Gasteiger partial charge < -0.3 is 15.4 Å². The van der Waals surface area contributed by atoms with Crippen LogP contribution >= 0.6 is 15.9 Å². The largest absolute Gasteiger partial charge is 0.397 e. The second-order valence-corrected chi connectivity index (χ2v) is 5.49. The van der Waals surface area contributed by atoms with Crippen molar-refractivity contribution >= 4 is 33.2 Å². The third-order valence-electron chi connectivity index (χ3n) is 3.37. The lowest BCUT2D eigenvalue weighted by Gasteiger charge is -2.24. The van der Waals surface area contributed by atoms with Gasteiger partial charge in [0, 0.05) is 18.1 Å². The predicted octanol–water partition coefficient (Wildman–Crippen LogP) is 2.42. The molecule has 0 aliphatic carbocycles. The molecular formula is C13H17BrN2O2. The molecule has 1 amide bonds. The van der Waals surface area contributed by atoms with Crippen LogP contribution in [0.3, 0.4) is 0 Å². The Hall–Kier alpha value is -1.07. The minimum absolute atomic E-state index is 0.0170. The number of benzene rings is 1. The Morgan fingerprint density at radius 2 is 2.28 bits per heavy atom. The van der Waals surface area contributed by atoms with E-state index in [4.69, 9.17) is 10.5 Å². The fourth-order valence-electron chi connectivity index (χ4n) is 2.25. The first-order valence-corrected chi connectivity index (χ1v) is 6.74. The van der Waals surface area contributed by atoms with Crippen molar-refractivity contribution in [3.8, 4) is 0 Å². The number of anilines is 2. The van der Waals surface area contributed by atoms with Gasteiger partial charge in [0.1, 0.15) is 0 Å². The number of hydrogen-bond acceptors (Lipinski definition) is 3. The van der Waals surface area contributed by atoms with Crippen LogP contribution in [0.25, 0.3) is 0 Å². The van der Waals surface area contributed by atoms with Crippen molar-refractivity contribution in [2.75, 3.05) is 24.3 Å². The predicted molar refractivity (Wildman–Crippen MR) is 75.5 cm³/mol. The lowest BCUT2D eigenvalue weighted by atomic mass is 10.0. The number of carbonyl (C=O) groups excluding carboxylic acids is 1. The summed E-state index contributed by atoms with van der Waals surface area (Å²) in [6.07, 6.45) is 0.762. The molecule has 1 aromatic rings. The molecule has 1 aliphatic heterocycles. The lowest BCUT2D eigenvalue weighted by molar-refractivity contribution is -0.123. The normalized spacial score (nSPS) is 23.1. The number of carbonyl (C=O) groups is 1. The van der Waals surface area contributed by atoms with Crippen molar-refractivity contribution in [2.45, 2.75) is 19.4 Å². The van der Waals surface area contributed by atoms with Crippen molar-refractivity contribution in [3.63, 3.8) is 0 Å². The summed E-state index contributed by atoms with van der Waals surface area (Å²) in [5.74, 6) is -0.00734. The Bertz CT molecular complexity index is 464. The Morgan fingerprint density at radius 1 is 1.56 bits per heavy atom. The van der Waals surface area contributed by atoms with Crippen LogP contribution in [0.5, 0.6) is 0 Å². The van der Waals surface area contributed by atoms with E-state index in [0.717, 1.165) is 16.6 Å². The van der Waals surface area contributed by atoms with Gasteiger partial charge in [-0.3, -0.25) is 4.79 Å². The number of amides is 1. The van der Waals surface area contributed by atoms with E-state index in [-0.39, 0.29) is 17.9 Å². The summed E-state index contributed by atoms with van der Waals surface area (Å²) in [7, 11) is 1.76. The minimum Gasteiger partial charge on any atom is -0.397 e. The molecule has 2 atom stereocenters. The minimum atomic E-state index is -0.0713. The number of ether oxygens (including phenoxy) is 1. The summed E-state index contributed by atoms with van der Waals surface area (Å²) in [6.45, 7) is 2.59. The van der Waals surface area contributed by atoms with Gasteiger partial charge >= 0.3 is 0 Å². The second kappa shape index (κ2) is 5.28. The SMILES string of the molecule is CC1OCCC1C(=O)N(C)c1ccc(Br)cc1N. The van der Waals surface area contributed by atoms with Gasteiger partial charge in [-0.2, -0.15) is 0 Å². The highest BCUT2D eigenvalue weighted by molar-refractivity contribution is 9.10. The Kier molecular flexibility index (Phi) is 3.92. The Labute approximate surface area is 115 Å². The fourth-order valence-corrected chi connectivity index (χ4v) is 2.63. The van der Waals surface area contributed by atoms with Crippen molar-refractivity contribution in [1.82, 2.24) is 0 Å². The topological polar surface area (TPSA) is 55.6 Å². The van der Waals surface area contributed by atoms with Gasteiger partial charge in [0.2, 0.25) is 5.91 Å². The average molecular weight is 313 g/mol. The van der Waals surface area contributed by atoms with Crippen LogP contribution in [0, 0.1) is 5.92 Å². The molecular weight excluding hydrogens is 296 g/mol. The highest BCUT2D eigenvalue weighted by Gasteiger charge is 2.33. The highest BCUT2D eigenvalue weighted by Crippen LogP contribution is 2.29. The average Bonchev–Trinajstić information content (AvgIpc) is 2.74. The molecule has 1 aromatic carbocycles. The smallest absolute Gasteiger partial charge is 0.232 e. The molecule has 0 spiro atoms. The molecule has 4 nitrogen and oxygen atoms in total. The summed E-state index contributed by atoms with van der Waals surface area (Å²) < 4.78 is 6.34. The molecule has 98 valence electrons. The maximum atomic E-state index is 12.4. The molecule has 1 aliphatic rings. The van der Waals surface area contributed by atoms with Crippen LogP contribution in [-0.4, -0.2) is 25.7 Å². The summed E-state index contributed by atoms with van der Waals surface area (Å²) in [5, 5.41) is 0. The van der Waals surface area contributed by atoms with E-state index in [0.29, 0.717) is 12.3 Å². The van der Waals surface area contributed by atoms with Crippen LogP contribution in [-0.2, 0) is 9.53 Å². The first-order valence-electron chi connectivity index (χ1n) is 5.95. The molecule has 0 aromatic heterocycles. The molecule has 18 heavy (non-hydrogen) atoms. The maximum absolute atomic E-state index is 12.4. The molecule has 2 rings (SSSR count). The van der Waals surface area contributed by atoms with E-state index >= 15 is 0 Å². The molecule has 1 fully saturated rings. The summed E-state index contributed by atoms with van der Waals surface area (Å²) in [5.41, 5.74) is 7.27. The van der Waals surface area contributed by atoms with Crippen LogP contribution in [0.4, 0.5) is 11.4 Å². The van der Waals surface area contributed by atoms with Crippen molar-refractivity contribution in [3.05, 3.63) is 22.7 Å². The Morgan fingerprint density at radius 3 is 2.83 bits per heavy atom. The molecule has 0 bridgehead atoms. The first-order chi connectivity index (χ1) is 8.50. The number of hydrogen-bond donors (Lipinski definition) is 1. The third kappa shape index (κ3) is 2.52. The van der Waals surface area contributed by atoms with E-state index in [2.05, 4.69) is 15.9 Å². The Balaban J connectivity index is 2.20. The molecule has 5 heteroatoms. The quantitative estimate of drug-likeness (QED) is 0.853. The van der Waals surface area contributed by atoms with E-state index in [1.54, 1.807) is 18.0 Å². The zero-order chi connectivity index (χ0) is 13.3. The zero-order valence-corrected chi connectivity index (χ0v) is 12.1. The van der Waals surface area contributed by atoms with Gasteiger partial charge in [0.05, 0.1) is 23.4 Å². The lowest BCUT2D eigenvalue weighted by Crippen LogP contribution is -2.36. The number of rotatable bonds is 2. The standard InChI is InChI=1S/C13H17BrN2O2/c1-8-10(5-6-18-8)13(17)16(2)12-4-3-9(14)7-11(12)15/h3-4,7-8,10H,5-6,15H2,1-2H3. The molecule has 2 N–H and O–H groups in total. The number of halogens is 1. The van der Waals surface area contributed by atoms with E-state index in [9.17, 15) is 4.79 Å².